The molecular weight excluding hydrogens is 254 g/mol. The van der Waals surface area contributed by atoms with Gasteiger partial charge in [-0.15, -0.1) is 0 Å². The molecule has 3 heterocycles. The lowest BCUT2D eigenvalue weighted by Gasteiger charge is -2.20. The number of ether oxygens (including phenoxy) is 1. The van der Waals surface area contributed by atoms with Crippen LogP contribution >= 0.6 is 11.6 Å². The summed E-state index contributed by atoms with van der Waals surface area (Å²) in [7, 11) is 0. The topological polar surface area (TPSA) is 75.7 Å². The molecule has 96 valence electrons. The van der Waals surface area contributed by atoms with Crippen LogP contribution in [0.25, 0.3) is 11.0 Å². The number of rotatable bonds is 3. The number of hydrogen-bond acceptors (Lipinski definition) is 5. The summed E-state index contributed by atoms with van der Waals surface area (Å²) in [4.78, 5) is 8.28. The molecule has 0 amide bonds. The standard InChI is InChI=1S/C11H14ClN5O/c1-6(8-3-2-4-18-8)14-9-7-5-13-17-10(7)16-11(12)15-9/h5-6,8H,2-4H2,1H3,(H2,13,14,15,16,17). The zero-order valence-electron chi connectivity index (χ0n) is 9.98. The van der Waals surface area contributed by atoms with Gasteiger partial charge in [-0.3, -0.25) is 5.10 Å². The van der Waals surface area contributed by atoms with Gasteiger partial charge in [-0.25, -0.2) is 0 Å². The van der Waals surface area contributed by atoms with E-state index in [1.54, 1.807) is 6.20 Å². The molecule has 2 N–H and O–H groups in total. The molecule has 7 heteroatoms. The largest absolute Gasteiger partial charge is 0.376 e. The highest BCUT2D eigenvalue weighted by Crippen LogP contribution is 2.23. The number of aromatic amines is 1. The maximum atomic E-state index is 5.88. The minimum atomic E-state index is 0.177. The van der Waals surface area contributed by atoms with Crippen molar-refractivity contribution < 1.29 is 4.74 Å². The van der Waals surface area contributed by atoms with Crippen molar-refractivity contribution in [2.45, 2.75) is 31.9 Å². The SMILES string of the molecule is CC(Nc1nc(Cl)nc2[nH]ncc12)C1CCCO1. The van der Waals surface area contributed by atoms with Crippen molar-refractivity contribution in [1.82, 2.24) is 20.2 Å². The van der Waals surface area contributed by atoms with Crippen molar-refractivity contribution in [3.05, 3.63) is 11.5 Å². The van der Waals surface area contributed by atoms with Crippen LogP contribution in [-0.4, -0.2) is 38.9 Å². The van der Waals surface area contributed by atoms with Gasteiger partial charge in [0.05, 0.1) is 23.7 Å². The zero-order chi connectivity index (χ0) is 12.5. The van der Waals surface area contributed by atoms with Crippen LogP contribution in [0, 0.1) is 0 Å². The van der Waals surface area contributed by atoms with Crippen molar-refractivity contribution >= 4 is 28.5 Å². The van der Waals surface area contributed by atoms with Gasteiger partial charge >= 0.3 is 0 Å². The first-order valence-corrected chi connectivity index (χ1v) is 6.36. The van der Waals surface area contributed by atoms with Crippen LogP contribution in [0.2, 0.25) is 5.28 Å². The van der Waals surface area contributed by atoms with E-state index in [-0.39, 0.29) is 17.4 Å². The van der Waals surface area contributed by atoms with Crippen molar-refractivity contribution in [3.8, 4) is 0 Å². The lowest BCUT2D eigenvalue weighted by molar-refractivity contribution is 0.0996. The second-order valence-corrected chi connectivity index (χ2v) is 4.80. The molecule has 2 aromatic rings. The second kappa shape index (κ2) is 4.70. The van der Waals surface area contributed by atoms with Gasteiger partial charge in [0.2, 0.25) is 5.28 Å². The van der Waals surface area contributed by atoms with Crippen LogP contribution < -0.4 is 5.32 Å². The summed E-state index contributed by atoms with van der Waals surface area (Å²) in [6, 6.07) is 0.177. The molecule has 0 bridgehead atoms. The molecule has 0 aromatic carbocycles. The monoisotopic (exact) mass is 267 g/mol. The Kier molecular flexibility index (Phi) is 3.05. The average Bonchev–Trinajstić information content (AvgIpc) is 2.98. The highest BCUT2D eigenvalue weighted by atomic mass is 35.5. The molecule has 2 unspecified atom stereocenters. The van der Waals surface area contributed by atoms with Crippen LogP contribution in [0.1, 0.15) is 19.8 Å². The fourth-order valence-corrected chi connectivity index (χ4v) is 2.39. The third-order valence-corrected chi connectivity index (χ3v) is 3.34. The molecule has 2 aromatic heterocycles. The summed E-state index contributed by atoms with van der Waals surface area (Å²) in [5.41, 5.74) is 0.636. The highest BCUT2D eigenvalue weighted by molar-refractivity contribution is 6.28. The molecule has 0 spiro atoms. The second-order valence-electron chi connectivity index (χ2n) is 4.46. The summed E-state index contributed by atoms with van der Waals surface area (Å²) in [5, 5.41) is 11.1. The number of hydrogen-bond donors (Lipinski definition) is 2. The van der Waals surface area contributed by atoms with E-state index in [4.69, 9.17) is 16.3 Å². The molecule has 1 saturated heterocycles. The molecule has 3 rings (SSSR count). The Balaban J connectivity index is 1.86. The van der Waals surface area contributed by atoms with E-state index in [0.717, 1.165) is 24.8 Å². The van der Waals surface area contributed by atoms with E-state index >= 15 is 0 Å². The lowest BCUT2D eigenvalue weighted by atomic mass is 10.1. The summed E-state index contributed by atoms with van der Waals surface area (Å²) < 4.78 is 5.65. The molecule has 2 atom stereocenters. The van der Waals surface area contributed by atoms with E-state index in [0.29, 0.717) is 11.5 Å². The van der Waals surface area contributed by atoms with Gasteiger partial charge in [0.1, 0.15) is 5.82 Å². The minimum Gasteiger partial charge on any atom is -0.376 e. The van der Waals surface area contributed by atoms with Crippen molar-refractivity contribution in [1.29, 1.82) is 0 Å². The Morgan fingerprint density at radius 3 is 3.22 bits per heavy atom. The predicted octanol–water partition coefficient (Wildman–Crippen LogP) is 1.99. The Morgan fingerprint density at radius 1 is 1.56 bits per heavy atom. The molecule has 1 fully saturated rings. The lowest BCUT2D eigenvalue weighted by Crippen LogP contribution is -2.30. The molecule has 18 heavy (non-hydrogen) atoms. The van der Waals surface area contributed by atoms with E-state index in [9.17, 15) is 0 Å². The molecule has 1 aliphatic rings. The fraction of sp³-hybridized carbons (Fsp3) is 0.545. The maximum Gasteiger partial charge on any atom is 0.226 e. The van der Waals surface area contributed by atoms with E-state index < -0.39 is 0 Å². The summed E-state index contributed by atoms with van der Waals surface area (Å²) in [6.07, 6.45) is 4.10. The van der Waals surface area contributed by atoms with Crippen LogP contribution in [0.3, 0.4) is 0 Å². The van der Waals surface area contributed by atoms with Gasteiger partial charge in [0.25, 0.3) is 0 Å². The van der Waals surface area contributed by atoms with Gasteiger partial charge in [0, 0.05) is 6.61 Å². The minimum absolute atomic E-state index is 0.177. The van der Waals surface area contributed by atoms with Gasteiger partial charge in [-0.2, -0.15) is 15.1 Å². The Hall–Kier alpha value is -1.40. The normalized spacial score (nSPS) is 21.3. The number of nitrogens with one attached hydrogen (secondary N) is 2. The number of nitrogens with zero attached hydrogens (tertiary/aromatic N) is 3. The van der Waals surface area contributed by atoms with Gasteiger partial charge < -0.3 is 10.1 Å². The Bertz CT molecular complexity index is 551. The number of fused-ring (bicyclic) bond motifs is 1. The molecule has 6 nitrogen and oxygen atoms in total. The highest BCUT2D eigenvalue weighted by Gasteiger charge is 2.23. The number of halogens is 1. The molecule has 1 aliphatic heterocycles. The Morgan fingerprint density at radius 2 is 2.44 bits per heavy atom. The first-order chi connectivity index (χ1) is 8.74. The average molecular weight is 268 g/mol. The smallest absolute Gasteiger partial charge is 0.226 e. The fourth-order valence-electron chi connectivity index (χ4n) is 2.22. The molecular formula is C11H14ClN5O. The summed E-state index contributed by atoms with van der Waals surface area (Å²) in [6.45, 7) is 2.92. The molecule has 0 saturated carbocycles. The first kappa shape index (κ1) is 11.7. The summed E-state index contributed by atoms with van der Waals surface area (Å²) in [5.74, 6) is 0.696. The van der Waals surface area contributed by atoms with E-state index in [1.165, 1.54) is 0 Å². The van der Waals surface area contributed by atoms with Gasteiger partial charge in [-0.1, -0.05) is 0 Å². The third-order valence-electron chi connectivity index (χ3n) is 3.17. The quantitative estimate of drug-likeness (QED) is 0.832. The van der Waals surface area contributed by atoms with Crippen molar-refractivity contribution in [2.24, 2.45) is 0 Å². The van der Waals surface area contributed by atoms with Crippen molar-refractivity contribution in [3.63, 3.8) is 0 Å². The van der Waals surface area contributed by atoms with E-state index in [2.05, 4.69) is 32.4 Å². The van der Waals surface area contributed by atoms with Crippen LogP contribution in [0.5, 0.6) is 0 Å². The summed E-state index contributed by atoms with van der Waals surface area (Å²) >= 11 is 5.88. The van der Waals surface area contributed by atoms with Gasteiger partial charge in [0.15, 0.2) is 5.65 Å². The van der Waals surface area contributed by atoms with Crippen LogP contribution in [0.4, 0.5) is 5.82 Å². The van der Waals surface area contributed by atoms with Crippen LogP contribution in [0.15, 0.2) is 6.20 Å². The first-order valence-electron chi connectivity index (χ1n) is 5.99. The number of aromatic nitrogens is 4. The molecule has 0 aliphatic carbocycles. The van der Waals surface area contributed by atoms with E-state index in [1.807, 2.05) is 0 Å². The molecule has 0 radical (unpaired) electrons. The zero-order valence-corrected chi connectivity index (χ0v) is 10.7. The number of anilines is 1. The Labute approximate surface area is 109 Å². The van der Waals surface area contributed by atoms with Crippen LogP contribution in [-0.2, 0) is 4.74 Å². The predicted molar refractivity (Wildman–Crippen MR) is 68.8 cm³/mol. The number of H-pyrrole nitrogens is 1. The van der Waals surface area contributed by atoms with Gasteiger partial charge in [-0.05, 0) is 31.4 Å². The van der Waals surface area contributed by atoms with Crippen molar-refractivity contribution in [2.75, 3.05) is 11.9 Å². The third kappa shape index (κ3) is 2.13. The maximum absolute atomic E-state index is 5.88.